The predicted octanol–water partition coefficient (Wildman–Crippen LogP) is 0.224. The molecule has 1 N–H and O–H groups in total. The molecule has 0 spiro atoms. The van der Waals surface area contributed by atoms with Crippen LogP contribution in [0.5, 0.6) is 0 Å². The summed E-state index contributed by atoms with van der Waals surface area (Å²) in [6, 6.07) is 0. The number of halogens is 3. The van der Waals surface area contributed by atoms with E-state index in [1.54, 1.807) is 0 Å². The Labute approximate surface area is 158 Å². The summed E-state index contributed by atoms with van der Waals surface area (Å²) in [5.41, 5.74) is 0.890. The maximum Gasteiger partial charge on any atom is 1.00 e. The number of benzene rings is 1. The topological polar surface area (TPSA) is 37.3 Å². The van der Waals surface area contributed by atoms with Crippen LogP contribution < -0.4 is 51.4 Å². The molecule has 0 fully saturated rings. The third-order valence-corrected chi connectivity index (χ3v) is 3.20. The van der Waals surface area contributed by atoms with Crippen LogP contribution in [0.4, 0.5) is 12.9 Å². The van der Waals surface area contributed by atoms with Gasteiger partial charge in [0.2, 0.25) is 0 Å². The third kappa shape index (κ3) is 4.12. The van der Waals surface area contributed by atoms with E-state index in [0.717, 1.165) is 0 Å². The molecule has 0 aliphatic carbocycles. The molecule has 0 aliphatic heterocycles. The number of rotatable bonds is 3. The summed E-state index contributed by atoms with van der Waals surface area (Å²) < 4.78 is 37.9. The van der Waals surface area contributed by atoms with Crippen molar-refractivity contribution in [2.75, 3.05) is 0 Å². The minimum absolute atomic E-state index is 0. The molecule has 0 heterocycles. The van der Waals surface area contributed by atoms with Crippen LogP contribution >= 0.6 is 0 Å². The van der Waals surface area contributed by atoms with Crippen molar-refractivity contribution in [3.05, 3.63) is 33.4 Å². The molecule has 0 radical (unpaired) electrons. The quantitative estimate of drug-likeness (QED) is 0.641. The Balaban J connectivity index is 0.00000361. The fourth-order valence-corrected chi connectivity index (χ4v) is 2.35. The second-order valence-electron chi connectivity index (χ2n) is 4.47. The summed E-state index contributed by atoms with van der Waals surface area (Å²) in [5, 5.41) is 9.14. The Hall–Kier alpha value is -0.259. The van der Waals surface area contributed by atoms with Gasteiger partial charge in [0.05, 0.1) is 5.56 Å². The second kappa shape index (κ2) is 7.14. The number of aromatic carboxylic acids is 1. The number of terminal acetylenes is 1. The van der Waals surface area contributed by atoms with E-state index in [9.17, 15) is 17.7 Å². The van der Waals surface area contributed by atoms with Gasteiger partial charge in [-0.25, -0.2) is 4.79 Å². The largest absolute Gasteiger partial charge is 1.00 e. The number of hydrogen-bond donors (Lipinski definition) is 1. The maximum atomic E-state index is 12.6. The van der Waals surface area contributed by atoms with E-state index in [-0.39, 0.29) is 73.6 Å². The van der Waals surface area contributed by atoms with Gasteiger partial charge in [0.25, 0.3) is 0 Å². The van der Waals surface area contributed by atoms with Gasteiger partial charge in [-0.1, -0.05) is 17.8 Å². The molecular weight excluding hydrogens is 295 g/mol. The first-order chi connectivity index (χ1) is 8.60. The van der Waals surface area contributed by atoms with Crippen LogP contribution in [-0.4, -0.2) is 18.1 Å². The predicted molar refractivity (Wildman–Crippen MR) is 68.3 cm³/mol. The van der Waals surface area contributed by atoms with Crippen LogP contribution in [0.3, 0.4) is 0 Å². The van der Waals surface area contributed by atoms with E-state index in [2.05, 4.69) is 5.92 Å². The molecule has 102 valence electrons. The molecule has 0 amide bonds. The van der Waals surface area contributed by atoms with Crippen LogP contribution in [0.2, 0.25) is 0 Å². The molecule has 7 heteroatoms. The summed E-state index contributed by atoms with van der Waals surface area (Å²) in [5.74, 6) is 1.03. The minimum Gasteiger partial charge on any atom is -0.478 e. The number of carboxylic acids is 1. The van der Waals surface area contributed by atoms with Gasteiger partial charge in [0, 0.05) is 5.56 Å². The number of carbonyl (C=O) groups is 1. The maximum absolute atomic E-state index is 12.6. The molecule has 0 saturated carbocycles. The number of hydrogen-bond acceptors (Lipinski definition) is 1. The van der Waals surface area contributed by atoms with Crippen LogP contribution in [0.1, 0.15) is 38.2 Å². The van der Waals surface area contributed by atoms with Gasteiger partial charge in [0.1, 0.15) is 0 Å². The Morgan fingerprint density at radius 3 is 2.05 bits per heavy atom. The van der Waals surface area contributed by atoms with Crippen molar-refractivity contribution in [2.45, 2.75) is 27.1 Å². The van der Waals surface area contributed by atoms with Crippen LogP contribution in [0.25, 0.3) is 0 Å². The molecule has 20 heavy (non-hydrogen) atoms. The fraction of sp³-hybridized carbons (Fsp3) is 0.308. The van der Waals surface area contributed by atoms with E-state index in [1.807, 2.05) is 0 Å². The average molecular weight is 308 g/mol. The average Bonchev–Trinajstić information content (AvgIpc) is 2.23. The molecule has 2 nitrogen and oxygen atoms in total. The third-order valence-electron chi connectivity index (χ3n) is 3.20. The Morgan fingerprint density at radius 2 is 1.70 bits per heavy atom. The van der Waals surface area contributed by atoms with Crippen molar-refractivity contribution in [1.29, 1.82) is 0 Å². The number of carboxylic acid groups (broad SMARTS) is 1. The summed E-state index contributed by atoms with van der Waals surface area (Å²) in [7, 11) is 0. The molecule has 1 aromatic rings. The Morgan fingerprint density at radius 1 is 1.20 bits per heavy atom. The zero-order valence-corrected chi connectivity index (χ0v) is 15.0. The molecule has 0 bridgehead atoms. The van der Waals surface area contributed by atoms with Crippen molar-refractivity contribution < 1.29 is 74.2 Å². The first kappa shape index (κ1) is 19.7. The normalized spacial score (nSPS) is 10.7. The first-order valence-electron chi connectivity index (χ1n) is 5.63. The van der Waals surface area contributed by atoms with Gasteiger partial charge in [-0.05, 0) is 37.5 Å². The van der Waals surface area contributed by atoms with Crippen LogP contribution in [0.15, 0.2) is 0 Å². The molecule has 0 unspecified atom stereocenters. The van der Waals surface area contributed by atoms with Gasteiger partial charge in [-0.15, -0.1) is 6.42 Å². The van der Waals surface area contributed by atoms with Crippen molar-refractivity contribution in [3.63, 3.8) is 0 Å². The van der Waals surface area contributed by atoms with Crippen molar-refractivity contribution >= 4 is 12.9 Å². The van der Waals surface area contributed by atoms with E-state index < -0.39 is 19.3 Å². The summed E-state index contributed by atoms with van der Waals surface area (Å²) in [6.07, 6.45) is 4.17. The first-order valence-corrected chi connectivity index (χ1v) is 5.63. The van der Waals surface area contributed by atoms with Gasteiger partial charge < -0.3 is 18.1 Å². The van der Waals surface area contributed by atoms with Gasteiger partial charge in [-0.2, -0.15) is 0 Å². The molecule has 1 aromatic carbocycles. The molecule has 1 rings (SSSR count). The van der Waals surface area contributed by atoms with Gasteiger partial charge in [0.15, 0.2) is 0 Å². The zero-order chi connectivity index (χ0) is 15.0. The second-order valence-corrected chi connectivity index (χ2v) is 4.47. The SMILES string of the molecule is C#Cc1c(C)c(C[B-](F)(F)F)c(C)c(C(=O)O)c1C.[K+]. The smallest absolute Gasteiger partial charge is 0.478 e. The standard InChI is InChI=1S/C13H13BF3O2.K/c1-5-10-7(2)11(6-14(15,16)17)9(4)12(8(10)3)13(18)19;/h1H,6H2,2-4H3,(H,18,19);/q-1;+1. The van der Waals surface area contributed by atoms with E-state index >= 15 is 0 Å². The van der Waals surface area contributed by atoms with Gasteiger partial charge >= 0.3 is 64.3 Å². The molecule has 0 atom stereocenters. The van der Waals surface area contributed by atoms with Gasteiger partial charge in [-0.3, -0.25) is 0 Å². The minimum atomic E-state index is -5.05. The zero-order valence-electron chi connectivity index (χ0n) is 11.9. The monoisotopic (exact) mass is 308 g/mol. The van der Waals surface area contributed by atoms with Crippen LogP contribution in [0, 0.1) is 33.1 Å². The Bertz CT molecular complexity index is 589. The van der Waals surface area contributed by atoms with E-state index in [0.29, 0.717) is 11.1 Å². The summed E-state index contributed by atoms with van der Waals surface area (Å²) in [4.78, 5) is 11.2. The van der Waals surface area contributed by atoms with Crippen molar-refractivity contribution in [3.8, 4) is 12.3 Å². The summed E-state index contributed by atoms with van der Waals surface area (Å²) >= 11 is 0. The fourth-order valence-electron chi connectivity index (χ4n) is 2.35. The Kier molecular flexibility index (Phi) is 7.05. The molecule has 0 aliphatic rings. The molecular formula is C13H13BF3KO2. The van der Waals surface area contributed by atoms with Crippen LogP contribution in [-0.2, 0) is 6.32 Å². The van der Waals surface area contributed by atoms with E-state index in [4.69, 9.17) is 11.5 Å². The molecule has 0 aromatic heterocycles. The van der Waals surface area contributed by atoms with Crippen molar-refractivity contribution in [1.82, 2.24) is 0 Å². The van der Waals surface area contributed by atoms with Crippen molar-refractivity contribution in [2.24, 2.45) is 0 Å². The van der Waals surface area contributed by atoms with E-state index in [1.165, 1.54) is 20.8 Å². The molecule has 0 saturated heterocycles. The summed E-state index contributed by atoms with van der Waals surface area (Å²) in [6.45, 7) is -0.648.